The molecule has 0 aliphatic carbocycles. The molecule has 7 heteroatoms. The summed E-state index contributed by atoms with van der Waals surface area (Å²) < 4.78 is 0. The summed E-state index contributed by atoms with van der Waals surface area (Å²) in [5.74, 6) is 0. The zero-order valence-corrected chi connectivity index (χ0v) is 15.4. The van der Waals surface area contributed by atoms with E-state index in [0.29, 0.717) is 28.5 Å². The fourth-order valence-electron chi connectivity index (χ4n) is 2.79. The second kappa shape index (κ2) is 8.37. The predicted molar refractivity (Wildman–Crippen MR) is 109 cm³/mol. The molecular formula is C22H18N6O. The van der Waals surface area contributed by atoms with E-state index in [4.69, 9.17) is 0 Å². The number of aromatic nitrogens is 4. The third kappa shape index (κ3) is 3.99. The van der Waals surface area contributed by atoms with Crippen LogP contribution in [-0.2, 0) is 5.72 Å². The van der Waals surface area contributed by atoms with Crippen LogP contribution in [0.25, 0.3) is 0 Å². The first-order valence-electron chi connectivity index (χ1n) is 9.00. The summed E-state index contributed by atoms with van der Waals surface area (Å²) in [6.45, 7) is 0. The van der Waals surface area contributed by atoms with Crippen LogP contribution < -0.4 is 5.43 Å². The fourth-order valence-corrected chi connectivity index (χ4v) is 2.79. The topological polar surface area (TPSA) is 96.2 Å². The quantitative estimate of drug-likeness (QED) is 0.302. The number of aliphatic hydroxyl groups is 1. The van der Waals surface area contributed by atoms with Crippen LogP contribution in [0.3, 0.4) is 0 Å². The third-order valence-electron chi connectivity index (χ3n) is 4.22. The molecule has 4 rings (SSSR count). The lowest BCUT2D eigenvalue weighted by atomic mass is 10.0. The minimum Gasteiger partial charge on any atom is -0.360 e. The summed E-state index contributed by atoms with van der Waals surface area (Å²) in [6.07, 6.45) is 6.56. The van der Waals surface area contributed by atoms with Crippen LogP contribution in [0.4, 0.5) is 0 Å². The standard InChI is InChI=1S/C22H18N6O/c29-22(19-11-3-7-15-25-19,20-12-4-8-16-26-20)28-27-21(17-9-1-5-13-23-17)18-10-2-6-14-24-18/h1-16,28-29H. The van der Waals surface area contributed by atoms with Gasteiger partial charge in [-0.2, -0.15) is 5.10 Å². The molecule has 0 fully saturated rings. The summed E-state index contributed by atoms with van der Waals surface area (Å²) >= 11 is 0. The molecule has 0 amide bonds. The Labute approximate surface area is 167 Å². The molecule has 142 valence electrons. The van der Waals surface area contributed by atoms with Crippen molar-refractivity contribution >= 4 is 5.71 Å². The molecule has 0 unspecified atom stereocenters. The molecule has 2 N–H and O–H groups in total. The molecule has 0 aromatic carbocycles. The van der Waals surface area contributed by atoms with Crippen molar-refractivity contribution in [3.8, 4) is 0 Å². The van der Waals surface area contributed by atoms with Gasteiger partial charge in [0.1, 0.15) is 17.1 Å². The van der Waals surface area contributed by atoms with E-state index in [2.05, 4.69) is 30.5 Å². The molecule has 0 aliphatic heterocycles. The Morgan fingerprint density at radius 1 is 0.655 bits per heavy atom. The minimum atomic E-state index is -1.74. The first kappa shape index (κ1) is 18.4. The average molecular weight is 382 g/mol. The van der Waals surface area contributed by atoms with Gasteiger partial charge in [-0.15, -0.1) is 0 Å². The van der Waals surface area contributed by atoms with Gasteiger partial charge in [-0.25, -0.2) is 0 Å². The van der Waals surface area contributed by atoms with Crippen LogP contribution in [0.1, 0.15) is 22.8 Å². The monoisotopic (exact) mass is 382 g/mol. The van der Waals surface area contributed by atoms with E-state index in [1.54, 1.807) is 61.2 Å². The summed E-state index contributed by atoms with van der Waals surface area (Å²) in [5, 5.41) is 16.0. The van der Waals surface area contributed by atoms with Crippen molar-refractivity contribution in [3.63, 3.8) is 0 Å². The molecule has 29 heavy (non-hydrogen) atoms. The van der Waals surface area contributed by atoms with E-state index in [9.17, 15) is 5.11 Å². The van der Waals surface area contributed by atoms with Crippen molar-refractivity contribution < 1.29 is 5.11 Å². The van der Waals surface area contributed by atoms with Gasteiger partial charge in [0.05, 0.1) is 11.4 Å². The SMILES string of the molecule is OC(NN=C(c1ccccn1)c1ccccn1)(c1ccccn1)c1ccccn1. The molecule has 0 bridgehead atoms. The summed E-state index contributed by atoms with van der Waals surface area (Å²) in [5.41, 5.74) is 3.57. The Kier molecular flexibility index (Phi) is 5.31. The van der Waals surface area contributed by atoms with E-state index in [1.165, 1.54) is 0 Å². The summed E-state index contributed by atoms with van der Waals surface area (Å²) in [7, 11) is 0. The van der Waals surface area contributed by atoms with Gasteiger partial charge in [0.25, 0.3) is 0 Å². The number of hydrogen-bond acceptors (Lipinski definition) is 7. The lowest BCUT2D eigenvalue weighted by Gasteiger charge is -2.26. The average Bonchev–Trinajstić information content (AvgIpc) is 2.81. The molecule has 4 aromatic heterocycles. The van der Waals surface area contributed by atoms with Crippen molar-refractivity contribution in [2.45, 2.75) is 5.72 Å². The highest BCUT2D eigenvalue weighted by Crippen LogP contribution is 2.23. The van der Waals surface area contributed by atoms with Crippen LogP contribution in [0.2, 0.25) is 0 Å². The Hall–Kier alpha value is -3.97. The fraction of sp³-hybridized carbons (Fsp3) is 0.0455. The Balaban J connectivity index is 1.81. The normalized spacial score (nSPS) is 10.9. The molecule has 0 saturated heterocycles. The van der Waals surface area contributed by atoms with Crippen molar-refractivity contribution in [1.82, 2.24) is 25.4 Å². The minimum absolute atomic E-state index is 0.365. The lowest BCUT2D eigenvalue weighted by molar-refractivity contribution is 0.0355. The van der Waals surface area contributed by atoms with Crippen molar-refractivity contribution in [3.05, 3.63) is 120 Å². The van der Waals surface area contributed by atoms with Crippen LogP contribution in [0, 0.1) is 0 Å². The van der Waals surface area contributed by atoms with Crippen molar-refractivity contribution in [1.29, 1.82) is 0 Å². The Morgan fingerprint density at radius 3 is 1.48 bits per heavy atom. The Morgan fingerprint density at radius 2 is 1.10 bits per heavy atom. The summed E-state index contributed by atoms with van der Waals surface area (Å²) in [4.78, 5) is 17.4. The zero-order chi connectivity index (χ0) is 19.9. The highest BCUT2D eigenvalue weighted by atomic mass is 16.3. The zero-order valence-electron chi connectivity index (χ0n) is 15.4. The smallest absolute Gasteiger partial charge is 0.238 e. The van der Waals surface area contributed by atoms with E-state index < -0.39 is 5.72 Å². The van der Waals surface area contributed by atoms with Crippen molar-refractivity contribution in [2.24, 2.45) is 5.10 Å². The van der Waals surface area contributed by atoms with Crippen LogP contribution in [0.15, 0.2) is 103 Å². The molecule has 0 atom stereocenters. The van der Waals surface area contributed by atoms with Crippen molar-refractivity contribution in [2.75, 3.05) is 0 Å². The van der Waals surface area contributed by atoms with E-state index in [-0.39, 0.29) is 0 Å². The van der Waals surface area contributed by atoms with Gasteiger partial charge in [0, 0.05) is 24.8 Å². The second-order valence-corrected chi connectivity index (χ2v) is 6.14. The maximum atomic E-state index is 11.5. The second-order valence-electron chi connectivity index (χ2n) is 6.14. The molecule has 7 nitrogen and oxygen atoms in total. The van der Waals surface area contributed by atoms with Gasteiger partial charge in [-0.1, -0.05) is 24.3 Å². The number of hydrogen-bond donors (Lipinski definition) is 2. The first-order chi connectivity index (χ1) is 14.3. The van der Waals surface area contributed by atoms with Gasteiger partial charge in [0.15, 0.2) is 0 Å². The first-order valence-corrected chi connectivity index (χ1v) is 9.00. The van der Waals surface area contributed by atoms with Gasteiger partial charge >= 0.3 is 0 Å². The number of nitrogens with one attached hydrogen (secondary N) is 1. The number of rotatable bonds is 6. The largest absolute Gasteiger partial charge is 0.360 e. The predicted octanol–water partition coefficient (Wildman–Crippen LogP) is 2.50. The molecule has 0 radical (unpaired) electrons. The molecule has 0 aliphatic rings. The molecule has 0 spiro atoms. The number of pyridine rings is 4. The molecular weight excluding hydrogens is 364 g/mol. The molecule has 4 heterocycles. The van der Waals surface area contributed by atoms with E-state index >= 15 is 0 Å². The highest BCUT2D eigenvalue weighted by molar-refractivity contribution is 6.10. The number of nitrogens with zero attached hydrogens (tertiary/aromatic N) is 5. The van der Waals surface area contributed by atoms with E-state index in [1.807, 2.05) is 36.4 Å². The maximum Gasteiger partial charge on any atom is 0.238 e. The van der Waals surface area contributed by atoms with Crippen LogP contribution in [-0.4, -0.2) is 30.8 Å². The van der Waals surface area contributed by atoms with Gasteiger partial charge in [-0.3, -0.25) is 25.4 Å². The van der Waals surface area contributed by atoms with Crippen LogP contribution in [0.5, 0.6) is 0 Å². The van der Waals surface area contributed by atoms with Gasteiger partial charge < -0.3 is 5.11 Å². The molecule has 4 aromatic rings. The van der Waals surface area contributed by atoms with Gasteiger partial charge in [0.2, 0.25) is 5.72 Å². The van der Waals surface area contributed by atoms with Crippen LogP contribution >= 0.6 is 0 Å². The molecule has 0 saturated carbocycles. The van der Waals surface area contributed by atoms with E-state index in [0.717, 1.165) is 0 Å². The maximum absolute atomic E-state index is 11.5. The lowest BCUT2D eigenvalue weighted by Crippen LogP contribution is -2.42. The highest BCUT2D eigenvalue weighted by Gasteiger charge is 2.34. The summed E-state index contributed by atoms with van der Waals surface area (Å²) in [6, 6.07) is 21.6. The number of hydrazone groups is 1. The van der Waals surface area contributed by atoms with Gasteiger partial charge in [-0.05, 0) is 48.5 Å². The Bertz CT molecular complexity index is 992. The third-order valence-corrected chi connectivity index (χ3v) is 4.22.